The van der Waals surface area contributed by atoms with Crippen molar-refractivity contribution in [2.24, 2.45) is 9.98 Å². The summed E-state index contributed by atoms with van der Waals surface area (Å²) in [5, 5.41) is 3.67. The first-order chi connectivity index (χ1) is 32.6. The Morgan fingerprint density at radius 1 is 0.348 bits per heavy atom. The Hall–Kier alpha value is -7.10. The van der Waals surface area contributed by atoms with Crippen molar-refractivity contribution >= 4 is 11.7 Å². The summed E-state index contributed by atoms with van der Waals surface area (Å²) in [5.74, 6) is 1.55. The molecule has 2 fully saturated rings. The van der Waals surface area contributed by atoms with Gasteiger partial charge in [0.05, 0.1) is 0 Å². The topological polar surface area (TPSA) is 36.8 Å². The molecule has 0 amide bonds. The zero-order valence-electron chi connectivity index (χ0n) is 37.4. The lowest BCUT2D eigenvalue weighted by molar-refractivity contribution is 0.350. The smallest absolute Gasteiger partial charge is 0.159 e. The van der Waals surface area contributed by atoms with Crippen LogP contribution >= 0.6 is 0 Å². The van der Waals surface area contributed by atoms with E-state index in [1.54, 1.807) is 22.3 Å². The molecule has 0 bridgehead atoms. The fourth-order valence-corrected chi connectivity index (χ4v) is 12.7. The zero-order valence-corrected chi connectivity index (χ0v) is 37.4. The van der Waals surface area contributed by atoms with Crippen LogP contribution < -0.4 is 5.32 Å². The van der Waals surface area contributed by atoms with Crippen molar-refractivity contribution in [1.82, 2.24) is 5.32 Å². The summed E-state index contributed by atoms with van der Waals surface area (Å²) in [5.41, 5.74) is 23.1. The highest BCUT2D eigenvalue weighted by Crippen LogP contribution is 2.62. The summed E-state index contributed by atoms with van der Waals surface area (Å²) in [7, 11) is 0. The van der Waals surface area contributed by atoms with E-state index < -0.39 is 0 Å². The molecule has 5 aliphatic rings. The number of hydrogen-bond acceptors (Lipinski definition) is 3. The molecule has 8 aromatic rings. The van der Waals surface area contributed by atoms with E-state index in [0.29, 0.717) is 0 Å². The molecule has 1 heterocycles. The first-order valence-corrected chi connectivity index (χ1v) is 24.4. The second-order valence-electron chi connectivity index (χ2n) is 19.5. The largest absolute Gasteiger partial charge is 0.344 e. The molecule has 1 unspecified atom stereocenters. The number of aliphatic imine (C=N–C) groups is 2. The van der Waals surface area contributed by atoms with Gasteiger partial charge in [0.2, 0.25) is 0 Å². The summed E-state index contributed by atoms with van der Waals surface area (Å²) in [4.78, 5) is 10.2. The van der Waals surface area contributed by atoms with Crippen molar-refractivity contribution in [2.45, 2.75) is 81.2 Å². The number of hydrogen-bond donors (Lipinski definition) is 1. The normalized spacial score (nSPS) is 18.4. The van der Waals surface area contributed by atoms with Crippen LogP contribution in [-0.4, -0.2) is 11.7 Å². The summed E-state index contributed by atoms with van der Waals surface area (Å²) in [6, 6.07) is 69.8. The molecule has 2 saturated carbocycles. The highest BCUT2D eigenvalue weighted by atomic mass is 15.2. The molecule has 66 heavy (non-hydrogen) atoms. The van der Waals surface area contributed by atoms with Crippen molar-refractivity contribution < 1.29 is 0 Å². The molecule has 2 spiro atoms. The fraction of sp³-hybridized carbons (Fsp3) is 0.206. The molecule has 0 aromatic heterocycles. The molecule has 3 heteroatoms. The Morgan fingerprint density at radius 3 is 1.39 bits per heavy atom. The van der Waals surface area contributed by atoms with Gasteiger partial charge in [0.15, 0.2) is 5.84 Å². The van der Waals surface area contributed by atoms with E-state index in [0.717, 1.165) is 28.4 Å². The van der Waals surface area contributed by atoms with Crippen LogP contribution in [0.4, 0.5) is 0 Å². The van der Waals surface area contributed by atoms with Crippen LogP contribution in [0.15, 0.2) is 198 Å². The van der Waals surface area contributed by atoms with Gasteiger partial charge in [-0.25, -0.2) is 9.98 Å². The van der Waals surface area contributed by atoms with Crippen LogP contribution in [0.25, 0.3) is 55.6 Å². The monoisotopic (exact) mass is 851 g/mol. The van der Waals surface area contributed by atoms with Gasteiger partial charge in [-0.15, -0.1) is 0 Å². The third-order valence-corrected chi connectivity index (χ3v) is 16.0. The Morgan fingerprint density at radius 2 is 0.788 bits per heavy atom. The van der Waals surface area contributed by atoms with E-state index in [9.17, 15) is 0 Å². The van der Waals surface area contributed by atoms with Crippen molar-refractivity contribution in [3.63, 3.8) is 0 Å². The summed E-state index contributed by atoms with van der Waals surface area (Å²) < 4.78 is 0. The third kappa shape index (κ3) is 6.38. The van der Waals surface area contributed by atoms with Gasteiger partial charge < -0.3 is 5.32 Å². The maximum atomic E-state index is 5.11. The Kier molecular flexibility index (Phi) is 9.41. The molecule has 1 N–H and O–H groups in total. The zero-order chi connectivity index (χ0) is 43.7. The van der Waals surface area contributed by atoms with Crippen LogP contribution in [0.3, 0.4) is 0 Å². The summed E-state index contributed by atoms with van der Waals surface area (Å²) in [6.07, 6.45) is 12.7. The predicted molar refractivity (Wildman–Crippen MR) is 273 cm³/mol. The molecule has 320 valence electrons. The standard InChI is InChI=1S/C63H53N3/c1-5-15-42(16-6-1)43-25-29-48(30-26-43)60-64-59(47-17-7-2-8-18-47)65-61(66-60)49-31-27-45(28-32-49)44-21-23-46(24-22-44)50-33-34-56-52(39-50)54-41-57-53(40-58(54)63(56)37-13-4-14-38-63)51-19-9-10-20-55(51)62(57)35-11-3-12-36-62/h1-2,5-10,15-34,39-41,60H,3-4,11-14,35-38H2,(H,64,65,66). The first kappa shape index (κ1) is 39.3. The van der Waals surface area contributed by atoms with E-state index in [2.05, 4.69) is 175 Å². The quantitative estimate of drug-likeness (QED) is 0.178. The lowest BCUT2D eigenvalue weighted by Gasteiger charge is -2.37. The molecule has 13 rings (SSSR count). The van der Waals surface area contributed by atoms with E-state index in [4.69, 9.17) is 9.98 Å². The van der Waals surface area contributed by atoms with Gasteiger partial charge in [0.25, 0.3) is 0 Å². The molecular formula is C63H53N3. The molecule has 1 aliphatic heterocycles. The van der Waals surface area contributed by atoms with Crippen molar-refractivity contribution in [3.05, 3.63) is 227 Å². The number of fused-ring (bicyclic) bond motifs is 10. The molecule has 0 saturated heterocycles. The van der Waals surface area contributed by atoms with Gasteiger partial charge in [0.1, 0.15) is 12.0 Å². The van der Waals surface area contributed by atoms with Gasteiger partial charge in [-0.05, 0) is 127 Å². The van der Waals surface area contributed by atoms with Crippen LogP contribution in [0, 0.1) is 0 Å². The minimum atomic E-state index is -0.267. The summed E-state index contributed by atoms with van der Waals surface area (Å²) in [6.45, 7) is 0. The third-order valence-electron chi connectivity index (χ3n) is 16.0. The average molecular weight is 852 g/mol. The van der Waals surface area contributed by atoms with Crippen molar-refractivity contribution in [1.29, 1.82) is 0 Å². The van der Waals surface area contributed by atoms with Gasteiger partial charge >= 0.3 is 0 Å². The van der Waals surface area contributed by atoms with Crippen molar-refractivity contribution in [2.75, 3.05) is 0 Å². The molecule has 4 aliphatic carbocycles. The second-order valence-corrected chi connectivity index (χ2v) is 19.5. The minimum absolute atomic E-state index is 0.118. The molecule has 1 atom stereocenters. The maximum absolute atomic E-state index is 5.11. The van der Waals surface area contributed by atoms with Crippen LogP contribution in [0.1, 0.15) is 109 Å². The van der Waals surface area contributed by atoms with Crippen LogP contribution in [0.5, 0.6) is 0 Å². The molecule has 8 aromatic carbocycles. The predicted octanol–water partition coefficient (Wildman–Crippen LogP) is 15.6. The summed E-state index contributed by atoms with van der Waals surface area (Å²) >= 11 is 0. The number of amidine groups is 2. The Bertz CT molecular complexity index is 3180. The average Bonchev–Trinajstić information content (AvgIpc) is 3.80. The van der Waals surface area contributed by atoms with Gasteiger partial charge in [-0.2, -0.15) is 0 Å². The number of nitrogens with one attached hydrogen (secondary N) is 1. The SMILES string of the molecule is c1ccc(C2=NC(c3ccc(-c4ccccc4)cc3)NC(c3ccc(-c4ccc(-c5ccc6c(c5)-c5cc7c(cc5C65CCCCC5)-c5ccccc5C75CCCCC5)cc4)cc3)=N2)cc1. The maximum Gasteiger partial charge on any atom is 0.159 e. The van der Waals surface area contributed by atoms with E-state index in [-0.39, 0.29) is 17.0 Å². The van der Waals surface area contributed by atoms with Gasteiger partial charge in [-0.3, -0.25) is 0 Å². The van der Waals surface area contributed by atoms with E-state index in [1.165, 1.54) is 120 Å². The number of nitrogens with zero attached hydrogens (tertiary/aromatic N) is 2. The second kappa shape index (κ2) is 15.8. The minimum Gasteiger partial charge on any atom is -0.344 e. The molecule has 3 nitrogen and oxygen atoms in total. The Balaban J connectivity index is 0.799. The molecular weight excluding hydrogens is 799 g/mol. The van der Waals surface area contributed by atoms with Crippen LogP contribution in [-0.2, 0) is 10.8 Å². The first-order valence-electron chi connectivity index (χ1n) is 24.4. The fourth-order valence-electron chi connectivity index (χ4n) is 12.7. The number of rotatable bonds is 6. The van der Waals surface area contributed by atoms with Gasteiger partial charge in [0, 0.05) is 22.0 Å². The van der Waals surface area contributed by atoms with E-state index >= 15 is 0 Å². The number of benzene rings is 8. The Labute approximate surface area is 389 Å². The van der Waals surface area contributed by atoms with E-state index in [1.807, 2.05) is 18.2 Å². The lowest BCUT2D eigenvalue weighted by atomic mass is 9.66. The lowest BCUT2D eigenvalue weighted by Crippen LogP contribution is -2.33. The van der Waals surface area contributed by atoms with Crippen molar-refractivity contribution in [3.8, 4) is 55.6 Å². The molecule has 0 radical (unpaired) electrons. The highest BCUT2D eigenvalue weighted by Gasteiger charge is 2.49. The highest BCUT2D eigenvalue weighted by molar-refractivity contribution is 6.13. The van der Waals surface area contributed by atoms with Crippen LogP contribution in [0.2, 0.25) is 0 Å². The van der Waals surface area contributed by atoms with Gasteiger partial charge in [-0.1, -0.05) is 208 Å².